The largest absolute Gasteiger partial charge is 2.00 e. The van der Waals surface area contributed by atoms with Crippen LogP contribution in [-0.4, -0.2) is 19.9 Å². The summed E-state index contributed by atoms with van der Waals surface area (Å²) in [6.45, 7) is 0. The molecule has 0 aliphatic carbocycles. The quantitative estimate of drug-likeness (QED) is 0.232. The van der Waals surface area contributed by atoms with Gasteiger partial charge in [0.1, 0.15) is 0 Å². The molecule has 0 N–H and O–H groups in total. The van der Waals surface area contributed by atoms with Crippen LogP contribution in [0.3, 0.4) is 0 Å². The van der Waals surface area contributed by atoms with Gasteiger partial charge in [-0.05, 0) is 24.3 Å². The molecule has 0 aliphatic rings. The molecule has 0 bridgehead atoms. The van der Waals surface area contributed by atoms with Crippen LogP contribution < -0.4 is 0 Å². The van der Waals surface area contributed by atoms with Crippen molar-refractivity contribution in [2.24, 2.45) is 0 Å². The summed E-state index contributed by atoms with van der Waals surface area (Å²) < 4.78 is 0. The Morgan fingerprint density at radius 3 is 0.828 bits per heavy atom. The average Bonchev–Trinajstić information content (AvgIpc) is 2.79. The molecule has 0 saturated carbocycles. The summed E-state index contributed by atoms with van der Waals surface area (Å²) in [5.74, 6) is 0. The fourth-order valence-corrected chi connectivity index (χ4v) is 3.36. The fourth-order valence-electron chi connectivity index (χ4n) is 3.36. The first-order valence-electron chi connectivity index (χ1n) is 9.07. The van der Waals surface area contributed by atoms with Gasteiger partial charge in [-0.25, -0.2) is 0 Å². The zero-order valence-corrected chi connectivity index (χ0v) is 17.9. The number of rotatable bonds is 0. The molecule has 138 valence electrons. The van der Waals surface area contributed by atoms with E-state index in [1.54, 1.807) is 24.8 Å². The normalized spacial score (nSPS) is 10.5. The summed E-state index contributed by atoms with van der Waals surface area (Å²) >= 11 is 0. The molecule has 4 aromatic heterocycles. The summed E-state index contributed by atoms with van der Waals surface area (Å²) in [6, 6.07) is 24.3. The molecule has 0 unspecified atom stereocenters. The topological polar surface area (TPSA) is 51.6 Å². The third-order valence-corrected chi connectivity index (χ3v) is 4.69. The smallest absolute Gasteiger partial charge is 0.254 e. The molecular formula is C24H16N4Os+2. The van der Waals surface area contributed by atoms with E-state index in [1.807, 2.05) is 24.3 Å². The van der Waals surface area contributed by atoms with Crippen LogP contribution in [0.25, 0.3) is 43.6 Å². The van der Waals surface area contributed by atoms with E-state index in [-0.39, 0.29) is 19.8 Å². The fraction of sp³-hybridized carbons (Fsp3) is 0. The van der Waals surface area contributed by atoms with Crippen LogP contribution in [0.2, 0.25) is 0 Å². The molecule has 0 amide bonds. The van der Waals surface area contributed by atoms with Crippen molar-refractivity contribution in [3.8, 4) is 0 Å². The van der Waals surface area contributed by atoms with Gasteiger partial charge in [0.15, 0.2) is 0 Å². The minimum absolute atomic E-state index is 0. The number of benzene rings is 2. The monoisotopic (exact) mass is 552 g/mol. The van der Waals surface area contributed by atoms with Crippen LogP contribution in [0, 0.1) is 0 Å². The zero-order chi connectivity index (χ0) is 18.8. The van der Waals surface area contributed by atoms with Crippen molar-refractivity contribution in [3.05, 3.63) is 97.6 Å². The van der Waals surface area contributed by atoms with Gasteiger partial charge in [-0.3, -0.25) is 19.9 Å². The molecule has 2 aromatic carbocycles. The summed E-state index contributed by atoms with van der Waals surface area (Å²) in [5.41, 5.74) is 3.91. The van der Waals surface area contributed by atoms with Crippen LogP contribution >= 0.6 is 0 Å². The molecular weight excluding hydrogens is 535 g/mol. The first kappa shape index (κ1) is 19.1. The van der Waals surface area contributed by atoms with E-state index in [0.29, 0.717) is 0 Å². The molecule has 6 aromatic rings. The first-order chi connectivity index (χ1) is 13.9. The number of pyridine rings is 4. The van der Waals surface area contributed by atoms with Gasteiger partial charge in [0.2, 0.25) is 0 Å². The third-order valence-electron chi connectivity index (χ3n) is 4.69. The minimum Gasteiger partial charge on any atom is -0.254 e. The Morgan fingerprint density at radius 1 is 0.345 bits per heavy atom. The number of aromatic nitrogens is 4. The Bertz CT molecular complexity index is 1210. The van der Waals surface area contributed by atoms with Gasteiger partial charge < -0.3 is 0 Å². The van der Waals surface area contributed by atoms with E-state index >= 15 is 0 Å². The van der Waals surface area contributed by atoms with E-state index in [4.69, 9.17) is 0 Å². The Balaban J connectivity index is 0.000000137. The molecule has 5 heteroatoms. The van der Waals surface area contributed by atoms with Crippen molar-refractivity contribution in [1.29, 1.82) is 0 Å². The van der Waals surface area contributed by atoms with Gasteiger partial charge in [-0.15, -0.1) is 0 Å². The van der Waals surface area contributed by atoms with Crippen molar-refractivity contribution in [1.82, 2.24) is 19.9 Å². The zero-order valence-electron chi connectivity index (χ0n) is 15.4. The van der Waals surface area contributed by atoms with Gasteiger partial charge in [0.25, 0.3) is 0 Å². The van der Waals surface area contributed by atoms with Crippen molar-refractivity contribution in [3.63, 3.8) is 0 Å². The van der Waals surface area contributed by atoms with E-state index in [1.165, 1.54) is 0 Å². The average molecular weight is 551 g/mol. The van der Waals surface area contributed by atoms with Crippen LogP contribution in [0.15, 0.2) is 97.6 Å². The minimum atomic E-state index is 0. The van der Waals surface area contributed by atoms with E-state index in [9.17, 15) is 0 Å². The number of nitrogens with zero attached hydrogens (tertiary/aromatic N) is 4. The summed E-state index contributed by atoms with van der Waals surface area (Å²) in [6.07, 6.45) is 7.21. The SMILES string of the molecule is [Os+2].c1cnc2c(c1)ccc1cccnc12.c1cnc2c(c1)ccc1cccnc12. The Hall–Kier alpha value is -3.28. The van der Waals surface area contributed by atoms with Crippen LogP contribution in [0.5, 0.6) is 0 Å². The van der Waals surface area contributed by atoms with E-state index in [0.717, 1.165) is 43.6 Å². The summed E-state index contributed by atoms with van der Waals surface area (Å²) in [7, 11) is 0. The van der Waals surface area contributed by atoms with Crippen molar-refractivity contribution < 1.29 is 19.8 Å². The molecule has 0 fully saturated rings. The molecule has 6 rings (SSSR count). The third kappa shape index (κ3) is 3.70. The molecule has 0 radical (unpaired) electrons. The maximum Gasteiger partial charge on any atom is 2.00 e. The molecule has 0 aliphatic heterocycles. The number of fused-ring (bicyclic) bond motifs is 6. The Kier molecular flexibility index (Phi) is 5.51. The maximum absolute atomic E-state index is 4.35. The van der Waals surface area contributed by atoms with E-state index < -0.39 is 0 Å². The van der Waals surface area contributed by atoms with Gasteiger partial charge in [0.05, 0.1) is 22.1 Å². The molecule has 4 nitrogen and oxygen atoms in total. The van der Waals surface area contributed by atoms with Gasteiger partial charge in [-0.1, -0.05) is 48.5 Å². The Morgan fingerprint density at radius 2 is 0.586 bits per heavy atom. The molecule has 0 atom stereocenters. The second kappa shape index (κ2) is 8.39. The van der Waals surface area contributed by atoms with Crippen molar-refractivity contribution in [2.45, 2.75) is 0 Å². The molecule has 0 saturated heterocycles. The maximum atomic E-state index is 4.35. The summed E-state index contributed by atoms with van der Waals surface area (Å²) in [4.78, 5) is 17.4. The molecule has 29 heavy (non-hydrogen) atoms. The second-order valence-electron chi connectivity index (χ2n) is 6.43. The van der Waals surface area contributed by atoms with Gasteiger partial charge >= 0.3 is 19.8 Å². The predicted octanol–water partition coefficient (Wildman–Crippen LogP) is 5.56. The standard InChI is InChI=1S/2C12H8N2.Os/c2*1-3-9-5-6-10-4-2-8-14-12(10)11(9)13-7-1;/h2*1-8H;/q;;+2. The van der Waals surface area contributed by atoms with Crippen molar-refractivity contribution >= 4 is 43.6 Å². The second-order valence-corrected chi connectivity index (χ2v) is 6.43. The van der Waals surface area contributed by atoms with E-state index in [2.05, 4.69) is 68.5 Å². The Labute approximate surface area is 180 Å². The molecule has 4 heterocycles. The van der Waals surface area contributed by atoms with Crippen molar-refractivity contribution in [2.75, 3.05) is 0 Å². The number of hydrogen-bond acceptors (Lipinski definition) is 4. The summed E-state index contributed by atoms with van der Waals surface area (Å²) in [5, 5.41) is 4.55. The van der Waals surface area contributed by atoms with Gasteiger partial charge in [-0.2, -0.15) is 0 Å². The number of hydrogen-bond donors (Lipinski definition) is 0. The van der Waals surface area contributed by atoms with Crippen LogP contribution in [-0.2, 0) is 19.8 Å². The van der Waals surface area contributed by atoms with Crippen LogP contribution in [0.4, 0.5) is 0 Å². The van der Waals surface area contributed by atoms with Gasteiger partial charge in [0, 0.05) is 46.3 Å². The molecule has 0 spiro atoms. The predicted molar refractivity (Wildman–Crippen MR) is 114 cm³/mol. The first-order valence-corrected chi connectivity index (χ1v) is 9.07. The van der Waals surface area contributed by atoms with Crippen LogP contribution in [0.1, 0.15) is 0 Å².